The third-order valence-corrected chi connectivity index (χ3v) is 2.78. The molecule has 2 rings (SSSR count). The zero-order chi connectivity index (χ0) is 13.7. The second kappa shape index (κ2) is 6.05. The number of benzene rings is 1. The Morgan fingerprint density at radius 2 is 1.74 bits per heavy atom. The highest BCUT2D eigenvalue weighted by Gasteiger charge is 2.07. The maximum atomic E-state index is 11.6. The molecule has 0 aliphatic rings. The molecule has 3 nitrogen and oxygen atoms in total. The second-order valence-corrected chi connectivity index (χ2v) is 4.22. The largest absolute Gasteiger partial charge is 0.292 e. The number of nitrogens with zero attached hydrogens (tertiary/aromatic N) is 2. The molecule has 19 heavy (non-hydrogen) atoms. The average Bonchev–Trinajstić information content (AvgIpc) is 2.47. The molecule has 0 N–H and O–H groups in total. The molecule has 0 saturated heterocycles. The molecule has 2 aromatic rings. The van der Waals surface area contributed by atoms with Crippen molar-refractivity contribution in [2.45, 2.75) is 20.3 Å². The zero-order valence-corrected chi connectivity index (χ0v) is 11.1. The van der Waals surface area contributed by atoms with Crippen molar-refractivity contribution in [1.29, 1.82) is 0 Å². The lowest BCUT2D eigenvalue weighted by molar-refractivity contribution is 0.0983. The molecule has 0 fully saturated rings. The van der Waals surface area contributed by atoms with E-state index in [0.29, 0.717) is 12.1 Å². The van der Waals surface area contributed by atoms with Gasteiger partial charge in [-0.1, -0.05) is 31.2 Å². The van der Waals surface area contributed by atoms with E-state index in [1.165, 1.54) is 0 Å². The maximum Gasteiger partial charge on any atom is 0.180 e. The molecule has 0 bridgehead atoms. The van der Waals surface area contributed by atoms with Crippen molar-refractivity contribution in [1.82, 2.24) is 4.98 Å². The van der Waals surface area contributed by atoms with Gasteiger partial charge in [-0.25, -0.2) is 4.98 Å². The predicted octanol–water partition coefficient (Wildman–Crippen LogP) is 3.82. The van der Waals surface area contributed by atoms with Gasteiger partial charge in [-0.05, 0) is 31.2 Å². The Morgan fingerprint density at radius 3 is 2.42 bits per heavy atom. The first-order valence-electron chi connectivity index (χ1n) is 6.31. The van der Waals surface area contributed by atoms with E-state index >= 15 is 0 Å². The van der Waals surface area contributed by atoms with Crippen molar-refractivity contribution in [3.8, 4) is 0 Å². The number of Topliss-reactive ketones (excluding diaryl/α,β-unsaturated/α-hetero) is 1. The summed E-state index contributed by atoms with van der Waals surface area (Å²) in [5, 5.41) is 0. The van der Waals surface area contributed by atoms with E-state index in [1.807, 2.05) is 56.3 Å². The molecule has 1 aromatic carbocycles. The molecule has 1 heterocycles. The average molecular weight is 252 g/mol. The first-order valence-corrected chi connectivity index (χ1v) is 6.31. The number of aromatic nitrogens is 1. The molecule has 0 radical (unpaired) electrons. The summed E-state index contributed by atoms with van der Waals surface area (Å²) >= 11 is 0. The molecule has 0 saturated carbocycles. The van der Waals surface area contributed by atoms with E-state index < -0.39 is 0 Å². The molecule has 0 spiro atoms. The topological polar surface area (TPSA) is 42.3 Å². The summed E-state index contributed by atoms with van der Waals surface area (Å²) in [7, 11) is 0. The summed E-state index contributed by atoms with van der Waals surface area (Å²) < 4.78 is 0. The van der Waals surface area contributed by atoms with Crippen LogP contribution in [0.2, 0.25) is 0 Å². The number of carbonyl (C=O) groups is 1. The third kappa shape index (κ3) is 3.35. The van der Waals surface area contributed by atoms with Crippen molar-refractivity contribution in [2.75, 3.05) is 0 Å². The lowest BCUT2D eigenvalue weighted by Crippen LogP contribution is -2.05. The van der Waals surface area contributed by atoms with Gasteiger partial charge < -0.3 is 0 Å². The number of para-hydroxylation sites is 1. The Bertz CT molecular complexity index is 603. The lowest BCUT2D eigenvalue weighted by atomic mass is 10.2. The van der Waals surface area contributed by atoms with Crippen LogP contribution in [-0.4, -0.2) is 16.5 Å². The van der Waals surface area contributed by atoms with Crippen LogP contribution in [0.25, 0.3) is 0 Å². The number of hydrogen-bond donors (Lipinski definition) is 0. The SMILES string of the molecule is CCC(=O)c1cccc(C(C)=Nc2ccccc2)n1. The van der Waals surface area contributed by atoms with E-state index in [2.05, 4.69) is 9.98 Å². The van der Waals surface area contributed by atoms with Crippen LogP contribution in [0.4, 0.5) is 5.69 Å². The fourth-order valence-electron chi connectivity index (χ4n) is 1.73. The normalized spacial score (nSPS) is 11.4. The van der Waals surface area contributed by atoms with Crippen LogP contribution in [0.3, 0.4) is 0 Å². The minimum Gasteiger partial charge on any atom is -0.292 e. The van der Waals surface area contributed by atoms with Gasteiger partial charge in [0.25, 0.3) is 0 Å². The van der Waals surface area contributed by atoms with Crippen molar-refractivity contribution < 1.29 is 4.79 Å². The molecule has 0 aliphatic carbocycles. The summed E-state index contributed by atoms with van der Waals surface area (Å²) in [5.74, 6) is 0.0503. The smallest absolute Gasteiger partial charge is 0.180 e. The molecule has 1 aromatic heterocycles. The molecule has 0 aliphatic heterocycles. The zero-order valence-electron chi connectivity index (χ0n) is 11.1. The molecular formula is C16H16N2O. The van der Waals surface area contributed by atoms with Crippen molar-refractivity contribution in [2.24, 2.45) is 4.99 Å². The van der Waals surface area contributed by atoms with Crippen LogP contribution in [0.15, 0.2) is 53.5 Å². The number of carbonyl (C=O) groups excluding carboxylic acids is 1. The monoisotopic (exact) mass is 252 g/mol. The van der Waals surface area contributed by atoms with Crippen LogP contribution in [0.1, 0.15) is 36.5 Å². The van der Waals surface area contributed by atoms with Crippen molar-refractivity contribution in [3.63, 3.8) is 0 Å². The minimum absolute atomic E-state index is 0.0503. The van der Waals surface area contributed by atoms with Crippen LogP contribution >= 0.6 is 0 Å². The number of rotatable bonds is 4. The highest BCUT2D eigenvalue weighted by molar-refractivity contribution is 6.00. The second-order valence-electron chi connectivity index (χ2n) is 4.22. The van der Waals surface area contributed by atoms with Gasteiger partial charge in [0.05, 0.1) is 17.1 Å². The number of pyridine rings is 1. The van der Waals surface area contributed by atoms with E-state index in [9.17, 15) is 4.79 Å². The first kappa shape index (κ1) is 13.1. The number of aliphatic imine (C=N–C) groups is 1. The predicted molar refractivity (Wildman–Crippen MR) is 77.2 cm³/mol. The lowest BCUT2D eigenvalue weighted by Gasteiger charge is -2.03. The van der Waals surface area contributed by atoms with E-state index in [-0.39, 0.29) is 5.78 Å². The van der Waals surface area contributed by atoms with Crippen LogP contribution in [0.5, 0.6) is 0 Å². The Kier molecular flexibility index (Phi) is 4.18. The Morgan fingerprint density at radius 1 is 1.05 bits per heavy atom. The highest BCUT2D eigenvalue weighted by atomic mass is 16.1. The van der Waals surface area contributed by atoms with Gasteiger partial charge in [0.15, 0.2) is 5.78 Å². The Labute approximate surface area is 113 Å². The van der Waals surface area contributed by atoms with Crippen LogP contribution in [-0.2, 0) is 0 Å². The summed E-state index contributed by atoms with van der Waals surface area (Å²) in [4.78, 5) is 20.5. The van der Waals surface area contributed by atoms with Crippen molar-refractivity contribution >= 4 is 17.2 Å². The summed E-state index contributed by atoms with van der Waals surface area (Å²) in [5.41, 5.74) is 2.93. The summed E-state index contributed by atoms with van der Waals surface area (Å²) in [6.07, 6.45) is 0.464. The van der Waals surface area contributed by atoms with Gasteiger partial charge in [0, 0.05) is 6.42 Å². The quantitative estimate of drug-likeness (QED) is 0.613. The van der Waals surface area contributed by atoms with Gasteiger partial charge in [-0.2, -0.15) is 0 Å². The Hall–Kier alpha value is -2.29. The molecule has 96 valence electrons. The maximum absolute atomic E-state index is 11.6. The first-order chi connectivity index (χ1) is 9.20. The highest BCUT2D eigenvalue weighted by Crippen LogP contribution is 2.12. The molecule has 0 unspecified atom stereocenters. The van der Waals surface area contributed by atoms with Crippen molar-refractivity contribution in [3.05, 3.63) is 59.9 Å². The molecular weight excluding hydrogens is 236 g/mol. The van der Waals surface area contributed by atoms with Gasteiger partial charge >= 0.3 is 0 Å². The van der Waals surface area contributed by atoms with Gasteiger partial charge in [-0.3, -0.25) is 9.79 Å². The molecule has 0 atom stereocenters. The third-order valence-electron chi connectivity index (χ3n) is 2.78. The van der Waals surface area contributed by atoms with Gasteiger partial charge in [0.1, 0.15) is 5.69 Å². The summed E-state index contributed by atoms with van der Waals surface area (Å²) in [6, 6.07) is 15.2. The fourth-order valence-corrected chi connectivity index (χ4v) is 1.73. The van der Waals surface area contributed by atoms with E-state index in [1.54, 1.807) is 6.07 Å². The number of hydrogen-bond acceptors (Lipinski definition) is 3. The number of ketones is 1. The van der Waals surface area contributed by atoms with E-state index in [0.717, 1.165) is 17.1 Å². The Balaban J connectivity index is 2.31. The minimum atomic E-state index is 0.0503. The molecule has 0 amide bonds. The fraction of sp³-hybridized carbons (Fsp3) is 0.188. The van der Waals surface area contributed by atoms with E-state index in [4.69, 9.17) is 0 Å². The van der Waals surface area contributed by atoms with Gasteiger partial charge in [-0.15, -0.1) is 0 Å². The van der Waals surface area contributed by atoms with Crippen LogP contribution in [0, 0.1) is 0 Å². The standard InChI is InChI=1S/C16H16N2O/c1-3-16(19)15-11-7-10-14(18-15)12(2)17-13-8-5-4-6-9-13/h4-11H,3H2,1-2H3. The van der Waals surface area contributed by atoms with Gasteiger partial charge in [0.2, 0.25) is 0 Å². The molecule has 3 heteroatoms. The summed E-state index contributed by atoms with van der Waals surface area (Å²) in [6.45, 7) is 3.73. The van der Waals surface area contributed by atoms with Crippen LogP contribution < -0.4 is 0 Å².